The first-order valence-corrected chi connectivity index (χ1v) is 8.24. The SMILES string of the molecule is CCC(C(N)=S)N1CCN(S(=O)(=O)C(C)C)CC1. The molecule has 1 rings (SSSR count). The lowest BCUT2D eigenvalue weighted by atomic mass is 10.1. The minimum Gasteiger partial charge on any atom is -0.392 e. The average Bonchev–Trinajstić information content (AvgIpc) is 2.30. The number of hydrogen-bond donors (Lipinski definition) is 1. The lowest BCUT2D eigenvalue weighted by Gasteiger charge is -2.38. The second kappa shape index (κ2) is 6.27. The summed E-state index contributed by atoms with van der Waals surface area (Å²) in [5, 5.41) is -0.360. The Labute approximate surface area is 115 Å². The number of nitrogens with two attached hydrogens (primary N) is 1. The van der Waals surface area contributed by atoms with Crippen LogP contribution >= 0.6 is 12.2 Å². The Morgan fingerprint density at radius 3 is 2.11 bits per heavy atom. The van der Waals surface area contributed by atoms with Gasteiger partial charge in [0, 0.05) is 26.2 Å². The molecule has 2 N–H and O–H groups in total. The molecule has 1 aliphatic rings. The summed E-state index contributed by atoms with van der Waals surface area (Å²) in [5.74, 6) is 0. The van der Waals surface area contributed by atoms with E-state index in [0.29, 0.717) is 31.2 Å². The summed E-state index contributed by atoms with van der Waals surface area (Å²) in [6, 6.07) is 0.0869. The van der Waals surface area contributed by atoms with Crippen LogP contribution in [0.15, 0.2) is 0 Å². The van der Waals surface area contributed by atoms with Crippen LogP contribution in [0, 0.1) is 0 Å². The Balaban J connectivity index is 2.64. The number of rotatable bonds is 5. The normalized spacial score (nSPS) is 21.1. The highest BCUT2D eigenvalue weighted by Crippen LogP contribution is 2.15. The van der Waals surface area contributed by atoms with Gasteiger partial charge in [0.1, 0.15) is 0 Å². The Bertz CT molecular complexity index is 387. The van der Waals surface area contributed by atoms with Crippen molar-refractivity contribution in [3.63, 3.8) is 0 Å². The molecule has 1 aliphatic heterocycles. The standard InChI is InChI=1S/C11H23N3O2S2/c1-4-10(11(12)17)13-5-7-14(8-6-13)18(15,16)9(2)3/h9-10H,4-8H2,1-3H3,(H2,12,17). The fraction of sp³-hybridized carbons (Fsp3) is 0.909. The zero-order chi connectivity index (χ0) is 13.9. The van der Waals surface area contributed by atoms with E-state index >= 15 is 0 Å². The highest BCUT2D eigenvalue weighted by molar-refractivity contribution is 7.89. The molecule has 0 aromatic carbocycles. The van der Waals surface area contributed by atoms with Gasteiger partial charge in [-0.05, 0) is 20.3 Å². The number of nitrogens with zero attached hydrogens (tertiary/aromatic N) is 2. The van der Waals surface area contributed by atoms with Gasteiger partial charge in [-0.2, -0.15) is 4.31 Å². The number of thiocarbonyl (C=S) groups is 1. The molecule has 1 fully saturated rings. The molecule has 7 heteroatoms. The van der Waals surface area contributed by atoms with Crippen molar-refractivity contribution in [1.82, 2.24) is 9.21 Å². The van der Waals surface area contributed by atoms with E-state index in [9.17, 15) is 8.42 Å². The quantitative estimate of drug-likeness (QED) is 0.744. The first-order valence-electron chi connectivity index (χ1n) is 6.33. The zero-order valence-electron chi connectivity index (χ0n) is 11.3. The average molecular weight is 293 g/mol. The fourth-order valence-corrected chi connectivity index (χ4v) is 3.79. The van der Waals surface area contributed by atoms with Crippen molar-refractivity contribution >= 4 is 27.2 Å². The molecule has 1 unspecified atom stereocenters. The van der Waals surface area contributed by atoms with Gasteiger partial charge in [0.25, 0.3) is 0 Å². The van der Waals surface area contributed by atoms with Gasteiger partial charge in [0.05, 0.1) is 16.3 Å². The van der Waals surface area contributed by atoms with E-state index in [4.69, 9.17) is 18.0 Å². The summed E-state index contributed by atoms with van der Waals surface area (Å²) in [7, 11) is -3.13. The predicted molar refractivity (Wildman–Crippen MR) is 78.1 cm³/mol. The van der Waals surface area contributed by atoms with E-state index in [2.05, 4.69) is 4.90 Å². The molecule has 106 valence electrons. The summed E-state index contributed by atoms with van der Waals surface area (Å²) in [6.45, 7) is 7.92. The molecular formula is C11H23N3O2S2. The first-order chi connectivity index (χ1) is 8.30. The van der Waals surface area contributed by atoms with Gasteiger partial charge in [0.2, 0.25) is 10.0 Å². The maximum absolute atomic E-state index is 12.0. The van der Waals surface area contributed by atoms with Crippen LogP contribution in [0.25, 0.3) is 0 Å². The minimum atomic E-state index is -3.13. The lowest BCUT2D eigenvalue weighted by molar-refractivity contribution is 0.164. The molecule has 0 spiro atoms. The third-order valence-corrected chi connectivity index (χ3v) is 5.93. The van der Waals surface area contributed by atoms with Crippen LogP contribution in [0.3, 0.4) is 0 Å². The van der Waals surface area contributed by atoms with E-state index in [1.165, 1.54) is 0 Å². The van der Waals surface area contributed by atoms with Crippen molar-refractivity contribution < 1.29 is 8.42 Å². The molecule has 0 radical (unpaired) electrons. The molecule has 0 aliphatic carbocycles. The van der Waals surface area contributed by atoms with Crippen molar-refractivity contribution in [2.45, 2.75) is 38.5 Å². The van der Waals surface area contributed by atoms with Crippen LogP contribution in [0.5, 0.6) is 0 Å². The summed E-state index contributed by atoms with van der Waals surface area (Å²) >= 11 is 5.05. The van der Waals surface area contributed by atoms with Crippen molar-refractivity contribution in [3.8, 4) is 0 Å². The van der Waals surface area contributed by atoms with Crippen LogP contribution in [0.1, 0.15) is 27.2 Å². The third kappa shape index (κ3) is 3.40. The molecule has 0 aromatic heterocycles. The number of sulfonamides is 1. The third-order valence-electron chi connectivity index (χ3n) is 3.38. The molecule has 0 bridgehead atoms. The van der Waals surface area contributed by atoms with Gasteiger partial charge in [-0.15, -0.1) is 0 Å². The van der Waals surface area contributed by atoms with Gasteiger partial charge < -0.3 is 5.73 Å². The molecular weight excluding hydrogens is 270 g/mol. The highest BCUT2D eigenvalue weighted by Gasteiger charge is 2.31. The van der Waals surface area contributed by atoms with Crippen molar-refractivity contribution in [1.29, 1.82) is 0 Å². The van der Waals surface area contributed by atoms with Crippen LogP contribution in [0.4, 0.5) is 0 Å². The predicted octanol–water partition coefficient (Wildman–Crippen LogP) is 0.407. The van der Waals surface area contributed by atoms with Crippen LogP contribution in [-0.4, -0.2) is 60.1 Å². The van der Waals surface area contributed by atoms with Crippen LogP contribution in [0.2, 0.25) is 0 Å². The van der Waals surface area contributed by atoms with Gasteiger partial charge in [0.15, 0.2) is 0 Å². The van der Waals surface area contributed by atoms with E-state index in [0.717, 1.165) is 6.42 Å². The van der Waals surface area contributed by atoms with E-state index < -0.39 is 10.0 Å². The topological polar surface area (TPSA) is 66.6 Å². The highest BCUT2D eigenvalue weighted by atomic mass is 32.2. The molecule has 0 saturated carbocycles. The molecule has 1 atom stereocenters. The van der Waals surface area contributed by atoms with Crippen LogP contribution < -0.4 is 5.73 Å². The van der Waals surface area contributed by atoms with Gasteiger partial charge in [-0.3, -0.25) is 4.90 Å². The molecule has 0 aromatic rings. The van der Waals surface area contributed by atoms with Crippen molar-refractivity contribution in [2.24, 2.45) is 5.73 Å². The summed E-state index contributed by atoms with van der Waals surface area (Å²) in [6.07, 6.45) is 0.867. The van der Waals surface area contributed by atoms with Gasteiger partial charge >= 0.3 is 0 Å². The summed E-state index contributed by atoms with van der Waals surface area (Å²) in [5.41, 5.74) is 5.70. The fourth-order valence-electron chi connectivity index (χ4n) is 2.21. The molecule has 1 heterocycles. The number of hydrogen-bond acceptors (Lipinski definition) is 4. The molecule has 18 heavy (non-hydrogen) atoms. The van der Waals surface area contributed by atoms with Crippen molar-refractivity contribution in [3.05, 3.63) is 0 Å². The van der Waals surface area contributed by atoms with Gasteiger partial charge in [-0.1, -0.05) is 19.1 Å². The Kier molecular flexibility index (Phi) is 5.51. The minimum absolute atomic E-state index is 0.0869. The van der Waals surface area contributed by atoms with Crippen LogP contribution in [-0.2, 0) is 10.0 Å². The largest absolute Gasteiger partial charge is 0.392 e. The molecule has 1 saturated heterocycles. The Morgan fingerprint density at radius 2 is 1.78 bits per heavy atom. The van der Waals surface area contributed by atoms with Gasteiger partial charge in [-0.25, -0.2) is 8.42 Å². The lowest BCUT2D eigenvalue weighted by Crippen LogP contribution is -2.55. The second-order valence-corrected chi connectivity index (χ2v) is 7.82. The number of piperazine rings is 1. The maximum Gasteiger partial charge on any atom is 0.216 e. The maximum atomic E-state index is 12.0. The Morgan fingerprint density at radius 1 is 1.28 bits per heavy atom. The molecule has 0 amide bonds. The summed E-state index contributed by atoms with van der Waals surface area (Å²) < 4.78 is 25.6. The second-order valence-electron chi connectivity index (χ2n) is 4.86. The first kappa shape index (κ1) is 15.8. The molecule has 5 nitrogen and oxygen atoms in total. The zero-order valence-corrected chi connectivity index (χ0v) is 12.9. The smallest absolute Gasteiger partial charge is 0.216 e. The van der Waals surface area contributed by atoms with E-state index in [1.807, 2.05) is 6.92 Å². The summed E-state index contributed by atoms with van der Waals surface area (Å²) in [4.78, 5) is 2.67. The van der Waals surface area contributed by atoms with Crippen molar-refractivity contribution in [2.75, 3.05) is 26.2 Å². The monoisotopic (exact) mass is 293 g/mol. The Hall–Kier alpha value is -0.240. The van der Waals surface area contributed by atoms with E-state index in [-0.39, 0.29) is 11.3 Å². The van der Waals surface area contributed by atoms with E-state index in [1.54, 1.807) is 18.2 Å².